The van der Waals surface area contributed by atoms with Crippen LogP contribution in [0.25, 0.3) is 0 Å². The monoisotopic (exact) mass is 373 g/mol. The fourth-order valence-electron chi connectivity index (χ4n) is 2.60. The van der Waals surface area contributed by atoms with Crippen LogP contribution in [0.15, 0.2) is 73.8 Å². The molecule has 0 bridgehead atoms. The topological polar surface area (TPSA) is 38.3 Å². The van der Waals surface area contributed by atoms with Crippen LogP contribution in [0.4, 0.5) is 4.39 Å². The van der Waals surface area contributed by atoms with Crippen molar-refractivity contribution < 1.29 is 13.9 Å². The Hall–Kier alpha value is -2.43. The molecule has 1 N–H and O–H groups in total. The third-order valence-electron chi connectivity index (χ3n) is 3.92. The molecule has 0 aliphatic carbocycles. The lowest BCUT2D eigenvalue weighted by Crippen LogP contribution is -2.46. The smallest absolute Gasteiger partial charge is 0.257 e. The summed E-state index contributed by atoms with van der Waals surface area (Å²) < 4.78 is 18.9. The molecule has 0 fully saturated rings. The molecule has 0 aliphatic rings. The van der Waals surface area contributed by atoms with Gasteiger partial charge in [0.2, 0.25) is 0 Å². The Bertz CT molecular complexity index is 759. The van der Waals surface area contributed by atoms with E-state index in [0.717, 1.165) is 5.56 Å². The summed E-state index contributed by atoms with van der Waals surface area (Å²) in [4.78, 5) is 13.1. The van der Waals surface area contributed by atoms with Gasteiger partial charge in [0.25, 0.3) is 5.91 Å². The average Bonchev–Trinajstić information content (AvgIpc) is 2.65. The minimum Gasteiger partial charge on any atom is -0.356 e. The van der Waals surface area contributed by atoms with Crippen LogP contribution in [0.1, 0.15) is 17.5 Å². The Morgan fingerprint density at radius 3 is 2.35 bits per heavy atom. The number of nitrogens with one attached hydrogen (secondary N) is 1. The van der Waals surface area contributed by atoms with E-state index in [0.29, 0.717) is 10.6 Å². The molecule has 1 amide bonds. The maximum Gasteiger partial charge on any atom is 0.257 e. The normalized spacial score (nSPS) is 12.8. The van der Waals surface area contributed by atoms with Gasteiger partial charge in [-0.05, 0) is 35.4 Å². The Labute approximate surface area is 158 Å². The number of benzene rings is 2. The molecule has 5 heteroatoms. The number of carbonyl (C=O) groups excluding carboxylic acids is 1. The molecule has 0 spiro atoms. The van der Waals surface area contributed by atoms with E-state index in [1.54, 1.807) is 48.6 Å². The second-order valence-electron chi connectivity index (χ2n) is 5.74. The number of rotatable bonds is 9. The highest BCUT2D eigenvalue weighted by Crippen LogP contribution is 2.32. The minimum absolute atomic E-state index is 0.195. The Balaban J connectivity index is 2.29. The van der Waals surface area contributed by atoms with Gasteiger partial charge in [-0.2, -0.15) is 0 Å². The molecule has 0 saturated carbocycles. The summed E-state index contributed by atoms with van der Waals surface area (Å²) in [6.45, 7) is 7.86. The van der Waals surface area contributed by atoms with Gasteiger partial charge in [-0.1, -0.05) is 48.0 Å². The second kappa shape index (κ2) is 9.32. The number of ether oxygens (including phenoxy) is 1. The zero-order chi connectivity index (χ0) is 19.0. The summed E-state index contributed by atoms with van der Waals surface area (Å²) in [5.74, 6) is -0.637. The van der Waals surface area contributed by atoms with Crippen LogP contribution in [-0.2, 0) is 21.7 Å². The molecule has 1 atom stereocenters. The summed E-state index contributed by atoms with van der Waals surface area (Å²) in [7, 11) is 0. The number of halogens is 2. The van der Waals surface area contributed by atoms with Crippen LogP contribution < -0.4 is 5.32 Å². The Kier molecular flexibility index (Phi) is 7.13. The van der Waals surface area contributed by atoms with Gasteiger partial charge >= 0.3 is 0 Å². The van der Waals surface area contributed by atoms with Gasteiger partial charge in [-0.3, -0.25) is 4.79 Å². The number of hydrogen-bond donors (Lipinski definition) is 1. The maximum absolute atomic E-state index is 13.1. The third kappa shape index (κ3) is 4.81. The molecule has 0 heterocycles. The van der Waals surface area contributed by atoms with Crippen molar-refractivity contribution in [1.29, 1.82) is 0 Å². The number of amides is 1. The van der Waals surface area contributed by atoms with Gasteiger partial charge in [0, 0.05) is 18.0 Å². The fourth-order valence-corrected chi connectivity index (χ4v) is 2.73. The van der Waals surface area contributed by atoms with Crippen molar-refractivity contribution >= 4 is 17.5 Å². The van der Waals surface area contributed by atoms with Crippen molar-refractivity contribution in [3.63, 3.8) is 0 Å². The first-order valence-electron chi connectivity index (χ1n) is 8.16. The second-order valence-corrected chi connectivity index (χ2v) is 6.17. The largest absolute Gasteiger partial charge is 0.356 e. The minimum atomic E-state index is -1.25. The highest BCUT2D eigenvalue weighted by molar-refractivity contribution is 6.30. The first-order valence-corrected chi connectivity index (χ1v) is 8.54. The van der Waals surface area contributed by atoms with E-state index in [9.17, 15) is 9.18 Å². The molecular formula is C21H21ClFNO2. The SMILES string of the molecule is C=CCOC(CC=C)(C(=O)NCc1ccc(F)cc1)c1ccc(Cl)cc1. The average molecular weight is 374 g/mol. The summed E-state index contributed by atoms with van der Waals surface area (Å²) >= 11 is 5.97. The Morgan fingerprint density at radius 1 is 1.12 bits per heavy atom. The molecule has 2 aromatic carbocycles. The van der Waals surface area contributed by atoms with Crippen molar-refractivity contribution in [2.75, 3.05) is 6.61 Å². The van der Waals surface area contributed by atoms with Crippen LogP contribution >= 0.6 is 11.6 Å². The van der Waals surface area contributed by atoms with Crippen LogP contribution in [0.3, 0.4) is 0 Å². The van der Waals surface area contributed by atoms with Crippen molar-refractivity contribution in [1.82, 2.24) is 5.32 Å². The Morgan fingerprint density at radius 2 is 1.77 bits per heavy atom. The highest BCUT2D eigenvalue weighted by atomic mass is 35.5. The van der Waals surface area contributed by atoms with E-state index in [4.69, 9.17) is 16.3 Å². The van der Waals surface area contributed by atoms with E-state index < -0.39 is 5.60 Å². The van der Waals surface area contributed by atoms with Crippen molar-refractivity contribution in [2.24, 2.45) is 0 Å². The van der Waals surface area contributed by atoms with E-state index in [2.05, 4.69) is 18.5 Å². The molecule has 0 aliphatic heterocycles. The lowest BCUT2D eigenvalue weighted by atomic mass is 9.88. The van der Waals surface area contributed by atoms with Gasteiger partial charge in [0.15, 0.2) is 5.60 Å². The van der Waals surface area contributed by atoms with Crippen molar-refractivity contribution in [3.05, 3.63) is 95.8 Å². The quantitative estimate of drug-likeness (QED) is 0.643. The summed E-state index contributed by atoms with van der Waals surface area (Å²) in [6, 6.07) is 12.9. The van der Waals surface area contributed by atoms with Crippen molar-refractivity contribution in [2.45, 2.75) is 18.6 Å². The molecule has 0 radical (unpaired) electrons. The van der Waals surface area contributed by atoms with E-state index in [1.165, 1.54) is 12.1 Å². The van der Waals surface area contributed by atoms with Gasteiger partial charge in [-0.15, -0.1) is 13.2 Å². The maximum atomic E-state index is 13.1. The molecule has 136 valence electrons. The summed E-state index contributed by atoms with van der Waals surface area (Å²) in [6.07, 6.45) is 3.49. The number of carbonyl (C=O) groups is 1. The first-order chi connectivity index (χ1) is 12.5. The molecular weight excluding hydrogens is 353 g/mol. The predicted octanol–water partition coefficient (Wildman–Crippen LogP) is 4.77. The molecule has 2 rings (SSSR count). The van der Waals surface area contributed by atoms with Gasteiger partial charge < -0.3 is 10.1 Å². The standard InChI is InChI=1S/C21H21ClFNO2/c1-3-13-21(26-14-4-2,17-7-9-18(22)10-8-17)20(25)24-15-16-5-11-19(23)12-6-16/h3-12H,1-2,13-15H2,(H,24,25). The fraction of sp³-hybridized carbons (Fsp3) is 0.190. The molecule has 2 aromatic rings. The summed E-state index contributed by atoms with van der Waals surface area (Å²) in [5, 5.41) is 3.43. The first kappa shape index (κ1) is 19.9. The van der Waals surface area contributed by atoms with E-state index in [-0.39, 0.29) is 31.3 Å². The zero-order valence-corrected chi connectivity index (χ0v) is 15.1. The molecule has 1 unspecified atom stereocenters. The van der Waals surface area contributed by atoms with Crippen LogP contribution in [0.5, 0.6) is 0 Å². The molecule has 26 heavy (non-hydrogen) atoms. The zero-order valence-electron chi connectivity index (χ0n) is 14.4. The van der Waals surface area contributed by atoms with E-state index in [1.807, 2.05) is 0 Å². The predicted molar refractivity (Wildman–Crippen MR) is 102 cm³/mol. The van der Waals surface area contributed by atoms with E-state index >= 15 is 0 Å². The molecule has 0 aromatic heterocycles. The highest BCUT2D eigenvalue weighted by Gasteiger charge is 2.40. The van der Waals surface area contributed by atoms with Gasteiger partial charge in [0.1, 0.15) is 5.82 Å². The molecule has 3 nitrogen and oxygen atoms in total. The summed E-state index contributed by atoms with van der Waals surface area (Å²) in [5.41, 5.74) is 0.202. The van der Waals surface area contributed by atoms with Crippen LogP contribution in [0.2, 0.25) is 5.02 Å². The third-order valence-corrected chi connectivity index (χ3v) is 4.18. The van der Waals surface area contributed by atoms with Crippen LogP contribution in [-0.4, -0.2) is 12.5 Å². The lowest BCUT2D eigenvalue weighted by Gasteiger charge is -2.32. The van der Waals surface area contributed by atoms with Crippen LogP contribution in [0, 0.1) is 5.82 Å². The number of hydrogen-bond acceptors (Lipinski definition) is 2. The molecule has 0 saturated heterocycles. The van der Waals surface area contributed by atoms with Gasteiger partial charge in [-0.25, -0.2) is 4.39 Å². The lowest BCUT2D eigenvalue weighted by molar-refractivity contribution is -0.147. The van der Waals surface area contributed by atoms with Crippen molar-refractivity contribution in [3.8, 4) is 0 Å². The van der Waals surface area contributed by atoms with Gasteiger partial charge in [0.05, 0.1) is 6.61 Å².